The first-order valence-electron chi connectivity index (χ1n) is 7.43. The molecule has 0 aliphatic carbocycles. The van der Waals surface area contributed by atoms with Crippen LogP contribution in [0.25, 0.3) is 0 Å². The van der Waals surface area contributed by atoms with Crippen LogP contribution in [0, 0.1) is 0 Å². The van der Waals surface area contributed by atoms with Gasteiger partial charge in [-0.25, -0.2) is 0 Å². The molecule has 0 aromatic rings. The molecule has 108 valence electrons. The first-order chi connectivity index (χ1) is 9.06. The highest BCUT2D eigenvalue weighted by molar-refractivity contribution is 5.83. The van der Waals surface area contributed by atoms with E-state index in [1.807, 2.05) is 11.9 Å². The van der Waals surface area contributed by atoms with E-state index in [0.717, 1.165) is 45.4 Å². The molecule has 4 nitrogen and oxygen atoms in total. The fraction of sp³-hybridized carbons (Fsp3) is 0.800. The van der Waals surface area contributed by atoms with Crippen LogP contribution in [0.2, 0.25) is 0 Å². The number of carbonyl (C=O) groups excluding carboxylic acids is 1. The highest BCUT2D eigenvalue weighted by atomic mass is 16.2. The second kappa shape index (κ2) is 6.53. The Morgan fingerprint density at radius 2 is 1.95 bits per heavy atom. The molecule has 2 rings (SSSR count). The number of likely N-dealkylation sites (N-methyl/N-ethyl adjacent to an activating group) is 1. The summed E-state index contributed by atoms with van der Waals surface area (Å²) >= 11 is 0. The summed E-state index contributed by atoms with van der Waals surface area (Å²) in [6, 6.07) is 0.586. The van der Waals surface area contributed by atoms with Gasteiger partial charge >= 0.3 is 0 Å². The highest BCUT2D eigenvalue weighted by Crippen LogP contribution is 2.15. The molecule has 1 amide bonds. The molecular formula is C15H27N3O. The van der Waals surface area contributed by atoms with Gasteiger partial charge < -0.3 is 10.2 Å². The quantitative estimate of drug-likeness (QED) is 0.777. The van der Waals surface area contributed by atoms with E-state index >= 15 is 0 Å². The Hall–Kier alpha value is -0.870. The van der Waals surface area contributed by atoms with Crippen molar-refractivity contribution in [2.45, 2.75) is 45.2 Å². The molecule has 0 spiro atoms. The Kier molecular flexibility index (Phi) is 4.99. The van der Waals surface area contributed by atoms with Gasteiger partial charge in [-0.05, 0) is 46.2 Å². The van der Waals surface area contributed by atoms with Crippen LogP contribution in [0.1, 0.15) is 33.1 Å². The summed E-state index contributed by atoms with van der Waals surface area (Å²) in [6.07, 6.45) is 5.57. The van der Waals surface area contributed by atoms with Crippen LogP contribution in [0.5, 0.6) is 0 Å². The van der Waals surface area contributed by atoms with Gasteiger partial charge in [-0.3, -0.25) is 9.69 Å². The Balaban J connectivity index is 1.72. The van der Waals surface area contributed by atoms with E-state index < -0.39 is 0 Å². The Labute approximate surface area is 116 Å². The zero-order valence-corrected chi connectivity index (χ0v) is 12.5. The van der Waals surface area contributed by atoms with E-state index in [0.29, 0.717) is 6.04 Å². The van der Waals surface area contributed by atoms with Gasteiger partial charge in [-0.1, -0.05) is 11.6 Å². The molecule has 0 radical (unpaired) electrons. The molecule has 0 aromatic heterocycles. The minimum Gasteiger partial charge on any atom is -0.344 e. The Bertz CT molecular complexity index is 341. The van der Waals surface area contributed by atoms with Crippen LogP contribution in [0.3, 0.4) is 0 Å². The monoisotopic (exact) mass is 265 g/mol. The number of allylic oxidation sites excluding steroid dienone is 1. The minimum absolute atomic E-state index is 0.0688. The van der Waals surface area contributed by atoms with Crippen molar-refractivity contribution in [1.29, 1.82) is 0 Å². The maximum absolute atomic E-state index is 11.9. The van der Waals surface area contributed by atoms with E-state index in [1.54, 1.807) is 0 Å². The van der Waals surface area contributed by atoms with Gasteiger partial charge in [0.05, 0.1) is 6.04 Å². The average molecular weight is 265 g/mol. The molecule has 2 saturated heterocycles. The summed E-state index contributed by atoms with van der Waals surface area (Å²) in [4.78, 5) is 16.2. The SMILES string of the molecule is CC(C)=CCN1CCC(NC2CCN(C)C2=O)CC1. The maximum Gasteiger partial charge on any atom is 0.239 e. The van der Waals surface area contributed by atoms with Gasteiger partial charge in [0.15, 0.2) is 0 Å². The van der Waals surface area contributed by atoms with Crippen molar-refractivity contribution in [3.8, 4) is 0 Å². The van der Waals surface area contributed by atoms with Crippen LogP contribution in [0.4, 0.5) is 0 Å². The predicted octanol–water partition coefficient (Wildman–Crippen LogP) is 1.24. The van der Waals surface area contributed by atoms with Crippen molar-refractivity contribution in [2.24, 2.45) is 0 Å². The van der Waals surface area contributed by atoms with Gasteiger partial charge in [0.1, 0.15) is 0 Å². The molecule has 1 N–H and O–H groups in total. The van der Waals surface area contributed by atoms with Crippen LogP contribution in [-0.2, 0) is 4.79 Å². The number of hydrogen-bond donors (Lipinski definition) is 1. The third-order valence-corrected chi connectivity index (χ3v) is 4.21. The summed E-state index contributed by atoms with van der Waals surface area (Å²) in [7, 11) is 1.89. The lowest BCUT2D eigenvalue weighted by Crippen LogP contribution is -2.48. The summed E-state index contributed by atoms with van der Waals surface area (Å²) in [5.41, 5.74) is 1.39. The molecule has 0 aromatic carbocycles. The normalized spacial score (nSPS) is 25.9. The van der Waals surface area contributed by atoms with Gasteiger partial charge in [0.2, 0.25) is 5.91 Å². The smallest absolute Gasteiger partial charge is 0.239 e. The molecule has 1 atom stereocenters. The topological polar surface area (TPSA) is 35.6 Å². The summed E-state index contributed by atoms with van der Waals surface area (Å²) in [6.45, 7) is 8.54. The molecule has 2 aliphatic rings. The zero-order chi connectivity index (χ0) is 13.8. The number of nitrogens with zero attached hydrogens (tertiary/aromatic N) is 2. The number of carbonyl (C=O) groups is 1. The van der Waals surface area contributed by atoms with Crippen LogP contribution in [0.15, 0.2) is 11.6 Å². The van der Waals surface area contributed by atoms with Crippen LogP contribution >= 0.6 is 0 Å². The van der Waals surface area contributed by atoms with Gasteiger partial charge in [0, 0.05) is 26.2 Å². The van der Waals surface area contributed by atoms with Crippen molar-refractivity contribution in [2.75, 3.05) is 33.2 Å². The fourth-order valence-electron chi connectivity index (χ4n) is 2.86. The third-order valence-electron chi connectivity index (χ3n) is 4.21. The fourth-order valence-corrected chi connectivity index (χ4v) is 2.86. The second-order valence-corrected chi connectivity index (χ2v) is 6.12. The van der Waals surface area contributed by atoms with Crippen molar-refractivity contribution in [1.82, 2.24) is 15.1 Å². The molecule has 4 heteroatoms. The van der Waals surface area contributed by atoms with Crippen LogP contribution in [-0.4, -0.2) is 61.0 Å². The van der Waals surface area contributed by atoms with Gasteiger partial charge in [-0.2, -0.15) is 0 Å². The minimum atomic E-state index is 0.0688. The molecule has 2 aliphatic heterocycles. The molecule has 0 bridgehead atoms. The van der Waals surface area contributed by atoms with Crippen molar-refractivity contribution in [3.05, 3.63) is 11.6 Å². The summed E-state index contributed by atoms with van der Waals surface area (Å²) in [5, 5.41) is 3.55. The Morgan fingerprint density at radius 1 is 1.26 bits per heavy atom. The number of hydrogen-bond acceptors (Lipinski definition) is 3. The predicted molar refractivity (Wildman–Crippen MR) is 78.1 cm³/mol. The van der Waals surface area contributed by atoms with Crippen LogP contribution < -0.4 is 5.32 Å². The first-order valence-corrected chi connectivity index (χ1v) is 7.43. The van der Waals surface area contributed by atoms with Gasteiger partial charge in [0.25, 0.3) is 0 Å². The molecule has 2 heterocycles. The molecule has 1 unspecified atom stereocenters. The number of likely N-dealkylation sites (tertiary alicyclic amines) is 2. The number of rotatable bonds is 4. The van der Waals surface area contributed by atoms with Crippen molar-refractivity contribution < 1.29 is 4.79 Å². The average Bonchev–Trinajstić information content (AvgIpc) is 2.70. The lowest BCUT2D eigenvalue weighted by Gasteiger charge is -2.33. The summed E-state index contributed by atoms with van der Waals surface area (Å²) < 4.78 is 0. The highest BCUT2D eigenvalue weighted by Gasteiger charge is 2.31. The molecule has 19 heavy (non-hydrogen) atoms. The molecule has 2 fully saturated rings. The zero-order valence-electron chi connectivity index (χ0n) is 12.5. The lowest BCUT2D eigenvalue weighted by atomic mass is 10.0. The van der Waals surface area contributed by atoms with E-state index in [9.17, 15) is 4.79 Å². The number of amides is 1. The third kappa shape index (κ3) is 4.05. The van der Waals surface area contributed by atoms with Crippen molar-refractivity contribution >= 4 is 5.91 Å². The lowest BCUT2D eigenvalue weighted by molar-refractivity contribution is -0.128. The van der Waals surface area contributed by atoms with Gasteiger partial charge in [-0.15, -0.1) is 0 Å². The van der Waals surface area contributed by atoms with Crippen molar-refractivity contribution in [3.63, 3.8) is 0 Å². The maximum atomic E-state index is 11.9. The Morgan fingerprint density at radius 3 is 2.47 bits per heavy atom. The number of piperidine rings is 1. The first kappa shape index (κ1) is 14.5. The number of nitrogens with one attached hydrogen (secondary N) is 1. The van der Waals surface area contributed by atoms with E-state index in [4.69, 9.17) is 0 Å². The largest absolute Gasteiger partial charge is 0.344 e. The van der Waals surface area contributed by atoms with E-state index in [-0.39, 0.29) is 11.9 Å². The molecule has 0 saturated carbocycles. The second-order valence-electron chi connectivity index (χ2n) is 6.12. The standard InChI is InChI=1S/C15H27N3O/c1-12(2)4-9-18-10-5-13(6-11-18)16-14-7-8-17(3)15(14)19/h4,13-14,16H,5-11H2,1-3H3. The summed E-state index contributed by atoms with van der Waals surface area (Å²) in [5.74, 6) is 0.270. The van der Waals surface area contributed by atoms with E-state index in [2.05, 4.69) is 30.1 Å². The molecular weight excluding hydrogens is 238 g/mol. The van der Waals surface area contributed by atoms with E-state index in [1.165, 1.54) is 5.57 Å².